The Morgan fingerprint density at radius 3 is 2.19 bits per heavy atom. The van der Waals surface area contributed by atoms with Gasteiger partial charge in [0.25, 0.3) is 0 Å². The highest BCUT2D eigenvalue weighted by Gasteiger charge is 2.71. The summed E-state index contributed by atoms with van der Waals surface area (Å²) < 4.78 is 53.5. The molecule has 15 atom stereocenters. The molecule has 4 aliphatic carbocycles. The molecule has 4 aliphatic rings. The Labute approximate surface area is 281 Å². The number of methoxy groups -OCH3 is 1. The van der Waals surface area contributed by atoms with Crippen molar-refractivity contribution in [2.45, 2.75) is 133 Å². The van der Waals surface area contributed by atoms with E-state index in [4.69, 9.17) is 9.47 Å². The van der Waals surface area contributed by atoms with E-state index in [9.17, 15) is 48.9 Å². The normalized spacial score (nSPS) is 43.0. The number of aliphatic hydroxyl groups is 7. The molecule has 0 bridgehead atoms. The van der Waals surface area contributed by atoms with Crippen LogP contribution in [0.2, 0.25) is 0 Å². The van der Waals surface area contributed by atoms with Gasteiger partial charge in [-0.15, -0.1) is 0 Å². The minimum Gasteiger partial charge on any atom is -0.394 e. The van der Waals surface area contributed by atoms with E-state index >= 15 is 0 Å². The van der Waals surface area contributed by atoms with Gasteiger partial charge in [-0.2, -0.15) is 13.2 Å². The molecule has 4 saturated carbocycles. The predicted octanol–water partition coefficient (Wildman–Crippen LogP) is 3.64. The van der Waals surface area contributed by atoms with Crippen molar-refractivity contribution in [3.05, 3.63) is 35.9 Å². The Morgan fingerprint density at radius 2 is 1.58 bits per heavy atom. The monoisotopic (exact) mass is 688 g/mol. The van der Waals surface area contributed by atoms with Gasteiger partial charge in [-0.25, -0.2) is 0 Å². The van der Waals surface area contributed by atoms with Gasteiger partial charge in [0.1, 0.15) is 0 Å². The highest BCUT2D eigenvalue weighted by molar-refractivity contribution is 5.26. The Kier molecular flexibility index (Phi) is 10.8. The Hall–Kier alpha value is -1.35. The first-order valence-corrected chi connectivity index (χ1v) is 17.5. The standard InChI is InChI=1S/C36H55F3O9/c1-20(9-8-12-22(19-40)48-31(45)35(47-4,36(37,38)39)21-10-6-5-7-11-21)23-17-25(42)30-32(23,2)16-14-27-33(3)15-13-24(41)29(44)28(33)26(43)18-34(27,30)46/h5-7,10-11,20,22-31,40-46H,8-9,12-19H2,1-4H3/t20-,22+,23-,24+,25?,26?,27-,28?,29+,30?,31?,32-,33-,34+,35+/m1/s1. The first-order chi connectivity index (χ1) is 22.4. The van der Waals surface area contributed by atoms with Gasteiger partial charge in [0.2, 0.25) is 5.60 Å². The summed E-state index contributed by atoms with van der Waals surface area (Å²) in [6, 6.07) is 6.75. The third kappa shape index (κ3) is 5.94. The summed E-state index contributed by atoms with van der Waals surface area (Å²) in [6.07, 6.45) is -8.37. The molecule has 4 fully saturated rings. The molecule has 5 unspecified atom stereocenters. The van der Waals surface area contributed by atoms with Crippen molar-refractivity contribution >= 4 is 0 Å². The van der Waals surface area contributed by atoms with E-state index in [2.05, 4.69) is 13.8 Å². The van der Waals surface area contributed by atoms with Crippen LogP contribution in [-0.2, 0) is 15.1 Å². The summed E-state index contributed by atoms with van der Waals surface area (Å²) >= 11 is 0. The number of hydrogen-bond acceptors (Lipinski definition) is 9. The van der Waals surface area contributed by atoms with Crippen LogP contribution in [0.25, 0.3) is 0 Å². The van der Waals surface area contributed by atoms with Crippen molar-refractivity contribution in [1.29, 1.82) is 0 Å². The van der Waals surface area contributed by atoms with Crippen LogP contribution in [0.15, 0.2) is 30.3 Å². The van der Waals surface area contributed by atoms with Gasteiger partial charge in [-0.3, -0.25) is 0 Å². The molecule has 9 nitrogen and oxygen atoms in total. The molecule has 7 N–H and O–H groups in total. The maximum atomic E-state index is 14.4. The summed E-state index contributed by atoms with van der Waals surface area (Å²) in [4.78, 5) is 0. The van der Waals surface area contributed by atoms with Gasteiger partial charge in [0.15, 0.2) is 6.29 Å². The van der Waals surface area contributed by atoms with E-state index in [1.165, 1.54) is 24.3 Å². The number of rotatable bonds is 11. The van der Waals surface area contributed by atoms with Crippen LogP contribution >= 0.6 is 0 Å². The number of fused-ring (bicyclic) bond motifs is 5. The SMILES string of the molecule is CO[C@@](c1ccccc1)(C(O)O[C@H](CO)CCC[C@@H](C)[C@H]1CC(O)C2[C@]1(C)CC[C@@H]1[C@@]3(C)CC[C@H](O)[C@H](O)C3C(O)C[C@@]21O)C(F)(F)F. The molecule has 48 heavy (non-hydrogen) atoms. The fourth-order valence-corrected chi connectivity index (χ4v) is 11.3. The zero-order chi connectivity index (χ0) is 35.4. The van der Waals surface area contributed by atoms with Crippen LogP contribution < -0.4 is 0 Å². The van der Waals surface area contributed by atoms with Crippen LogP contribution in [-0.4, -0.2) is 98.0 Å². The predicted molar refractivity (Wildman–Crippen MR) is 169 cm³/mol. The van der Waals surface area contributed by atoms with Gasteiger partial charge in [0.05, 0.1) is 42.7 Å². The van der Waals surface area contributed by atoms with Gasteiger partial charge < -0.3 is 45.2 Å². The van der Waals surface area contributed by atoms with Gasteiger partial charge in [-0.05, 0) is 72.7 Å². The maximum absolute atomic E-state index is 14.4. The smallest absolute Gasteiger partial charge is 0.394 e. The van der Waals surface area contributed by atoms with Crippen molar-refractivity contribution < 1.29 is 58.4 Å². The first kappa shape index (κ1) is 37.9. The van der Waals surface area contributed by atoms with Crippen LogP contribution in [0, 0.1) is 40.4 Å². The van der Waals surface area contributed by atoms with Crippen molar-refractivity contribution in [3.8, 4) is 0 Å². The molecule has 0 radical (unpaired) electrons. The third-order valence-electron chi connectivity index (χ3n) is 13.5. The summed E-state index contributed by atoms with van der Waals surface area (Å²) in [6.45, 7) is 5.55. The minimum atomic E-state index is -5.03. The Bertz CT molecular complexity index is 1240. The Balaban J connectivity index is 1.26. The second kappa shape index (κ2) is 13.7. The molecule has 1 aromatic rings. The highest BCUT2D eigenvalue weighted by Crippen LogP contribution is 2.69. The van der Waals surface area contributed by atoms with Crippen LogP contribution in [0.1, 0.15) is 84.1 Å². The van der Waals surface area contributed by atoms with Gasteiger partial charge >= 0.3 is 6.18 Å². The summed E-state index contributed by atoms with van der Waals surface area (Å²) in [5, 5.41) is 77.5. The molecule has 0 amide bonds. The quantitative estimate of drug-likeness (QED) is 0.172. The molecule has 5 rings (SSSR count). The summed E-state index contributed by atoms with van der Waals surface area (Å²) in [5.74, 6) is -1.28. The molecular weight excluding hydrogens is 633 g/mol. The fourth-order valence-electron chi connectivity index (χ4n) is 11.3. The fraction of sp³-hybridized carbons (Fsp3) is 0.833. The third-order valence-corrected chi connectivity index (χ3v) is 13.5. The van der Waals surface area contributed by atoms with Crippen molar-refractivity contribution in [2.24, 2.45) is 40.4 Å². The molecule has 0 aromatic heterocycles. The number of hydrogen-bond donors (Lipinski definition) is 7. The number of benzene rings is 1. The van der Waals surface area contributed by atoms with Gasteiger partial charge in [0, 0.05) is 25.4 Å². The molecule has 0 aliphatic heterocycles. The Morgan fingerprint density at radius 1 is 0.938 bits per heavy atom. The topological polar surface area (TPSA) is 160 Å². The van der Waals surface area contributed by atoms with Crippen molar-refractivity contribution in [2.75, 3.05) is 13.7 Å². The molecule has 0 saturated heterocycles. The van der Waals surface area contributed by atoms with E-state index in [0.717, 1.165) is 13.5 Å². The van der Waals surface area contributed by atoms with Crippen LogP contribution in [0.5, 0.6) is 0 Å². The van der Waals surface area contributed by atoms with Crippen LogP contribution in [0.3, 0.4) is 0 Å². The number of alkyl halides is 3. The second-order valence-corrected chi connectivity index (χ2v) is 15.9. The summed E-state index contributed by atoms with van der Waals surface area (Å²) in [5.41, 5.74) is -5.90. The average molecular weight is 689 g/mol. The lowest BCUT2D eigenvalue weighted by Gasteiger charge is -2.66. The molecule has 1 aromatic carbocycles. The van der Waals surface area contributed by atoms with E-state index in [-0.39, 0.29) is 36.2 Å². The van der Waals surface area contributed by atoms with E-state index in [0.29, 0.717) is 38.5 Å². The molecule has 274 valence electrons. The molecule has 12 heteroatoms. The molecular formula is C36H55F3O9. The zero-order valence-corrected chi connectivity index (χ0v) is 28.4. The number of ether oxygens (including phenoxy) is 2. The van der Waals surface area contributed by atoms with E-state index < -0.39 is 83.5 Å². The largest absolute Gasteiger partial charge is 0.426 e. The lowest BCUT2D eigenvalue weighted by molar-refractivity contribution is -0.358. The van der Waals surface area contributed by atoms with Crippen LogP contribution in [0.4, 0.5) is 13.2 Å². The molecule has 0 heterocycles. The first-order valence-electron chi connectivity index (χ1n) is 17.5. The van der Waals surface area contributed by atoms with Crippen molar-refractivity contribution in [3.63, 3.8) is 0 Å². The lowest BCUT2D eigenvalue weighted by atomic mass is 9.41. The van der Waals surface area contributed by atoms with Gasteiger partial charge in [-0.1, -0.05) is 63.9 Å². The summed E-state index contributed by atoms with van der Waals surface area (Å²) in [7, 11) is 0.853. The average Bonchev–Trinajstić information content (AvgIpc) is 3.29. The lowest BCUT2D eigenvalue weighted by Crippen LogP contribution is -2.70. The zero-order valence-electron chi connectivity index (χ0n) is 28.4. The van der Waals surface area contributed by atoms with Crippen molar-refractivity contribution in [1.82, 2.24) is 0 Å². The maximum Gasteiger partial charge on any atom is 0.426 e. The highest BCUT2D eigenvalue weighted by atomic mass is 19.4. The van der Waals surface area contributed by atoms with E-state index in [1.807, 2.05) is 6.92 Å². The second-order valence-electron chi connectivity index (χ2n) is 15.9. The van der Waals surface area contributed by atoms with E-state index in [1.54, 1.807) is 6.07 Å². The number of aliphatic hydroxyl groups excluding tert-OH is 6. The minimum absolute atomic E-state index is 0.00690. The number of halogens is 3. The molecule has 0 spiro atoms.